The van der Waals surface area contributed by atoms with Crippen molar-refractivity contribution in [2.75, 3.05) is 0 Å². The van der Waals surface area contributed by atoms with Crippen LogP contribution in [0.3, 0.4) is 0 Å². The smallest absolute Gasteiger partial charge is 0.307 e. The molecule has 2 aromatic rings. The van der Waals surface area contributed by atoms with Crippen LogP contribution < -0.4 is 4.74 Å². The molecule has 0 fully saturated rings. The van der Waals surface area contributed by atoms with E-state index in [1.54, 1.807) is 6.92 Å². The second-order valence-electron chi connectivity index (χ2n) is 4.56. The molecule has 0 aliphatic rings. The van der Waals surface area contributed by atoms with Gasteiger partial charge in [-0.1, -0.05) is 40.2 Å². The van der Waals surface area contributed by atoms with Crippen molar-refractivity contribution in [2.24, 2.45) is 0 Å². The number of rotatable bonds is 5. The minimum Gasteiger partial charge on any atom is -0.490 e. The molecule has 0 amide bonds. The van der Waals surface area contributed by atoms with E-state index in [4.69, 9.17) is 9.84 Å². The Labute approximate surface area is 126 Å². The SMILES string of the molecule is CC(CC(=O)O)Oc1ccc(-c2ccc(Br)cc2)cc1. The highest BCUT2D eigenvalue weighted by Gasteiger charge is 2.09. The predicted octanol–water partition coefficient (Wildman–Crippen LogP) is 4.36. The summed E-state index contributed by atoms with van der Waals surface area (Å²) in [7, 11) is 0. The largest absolute Gasteiger partial charge is 0.490 e. The van der Waals surface area contributed by atoms with Gasteiger partial charge in [0.25, 0.3) is 0 Å². The molecule has 3 nitrogen and oxygen atoms in total. The Morgan fingerprint density at radius 3 is 2.10 bits per heavy atom. The first-order chi connectivity index (χ1) is 9.54. The summed E-state index contributed by atoms with van der Waals surface area (Å²) in [6, 6.07) is 15.7. The molecule has 104 valence electrons. The summed E-state index contributed by atoms with van der Waals surface area (Å²) in [5, 5.41) is 8.69. The Hall–Kier alpha value is -1.81. The molecule has 20 heavy (non-hydrogen) atoms. The van der Waals surface area contributed by atoms with Crippen molar-refractivity contribution in [2.45, 2.75) is 19.4 Å². The van der Waals surface area contributed by atoms with E-state index >= 15 is 0 Å². The zero-order valence-electron chi connectivity index (χ0n) is 11.0. The Morgan fingerprint density at radius 2 is 1.60 bits per heavy atom. The van der Waals surface area contributed by atoms with Crippen LogP contribution in [0.4, 0.5) is 0 Å². The van der Waals surface area contributed by atoms with Crippen molar-refractivity contribution in [1.82, 2.24) is 0 Å². The Bertz CT molecular complexity index is 576. The topological polar surface area (TPSA) is 46.5 Å². The highest BCUT2D eigenvalue weighted by Crippen LogP contribution is 2.24. The zero-order chi connectivity index (χ0) is 14.5. The van der Waals surface area contributed by atoms with Crippen LogP contribution in [-0.4, -0.2) is 17.2 Å². The van der Waals surface area contributed by atoms with E-state index in [2.05, 4.69) is 15.9 Å². The van der Waals surface area contributed by atoms with E-state index in [9.17, 15) is 4.79 Å². The molecule has 1 unspecified atom stereocenters. The standard InChI is InChI=1S/C16H15BrO3/c1-11(10-16(18)19)20-15-8-4-13(5-9-15)12-2-6-14(17)7-3-12/h2-9,11H,10H2,1H3,(H,18,19). The van der Waals surface area contributed by atoms with Gasteiger partial charge in [-0.2, -0.15) is 0 Å². The van der Waals surface area contributed by atoms with Crippen molar-refractivity contribution in [3.8, 4) is 16.9 Å². The van der Waals surface area contributed by atoms with Gasteiger partial charge < -0.3 is 9.84 Å². The lowest BCUT2D eigenvalue weighted by Gasteiger charge is -2.13. The molecular weight excluding hydrogens is 320 g/mol. The van der Waals surface area contributed by atoms with Gasteiger partial charge in [-0.25, -0.2) is 0 Å². The third-order valence-corrected chi connectivity index (χ3v) is 3.36. The molecule has 0 saturated heterocycles. The number of carboxylic acids is 1. The van der Waals surface area contributed by atoms with Crippen molar-refractivity contribution in [3.05, 3.63) is 53.0 Å². The van der Waals surface area contributed by atoms with Gasteiger partial charge >= 0.3 is 5.97 Å². The normalized spacial score (nSPS) is 11.9. The van der Waals surface area contributed by atoms with Crippen LogP contribution in [0.25, 0.3) is 11.1 Å². The predicted molar refractivity (Wildman–Crippen MR) is 81.9 cm³/mol. The second-order valence-corrected chi connectivity index (χ2v) is 5.47. The average molecular weight is 335 g/mol. The molecule has 0 heterocycles. The first kappa shape index (κ1) is 14.6. The third kappa shape index (κ3) is 4.10. The zero-order valence-corrected chi connectivity index (χ0v) is 12.6. The number of carbonyl (C=O) groups is 1. The molecule has 0 bridgehead atoms. The van der Waals surface area contributed by atoms with Gasteiger partial charge in [0.05, 0.1) is 6.42 Å². The first-order valence-corrected chi connectivity index (χ1v) is 7.08. The number of carboxylic acid groups (broad SMARTS) is 1. The van der Waals surface area contributed by atoms with Gasteiger partial charge in [-0.05, 0) is 42.3 Å². The van der Waals surface area contributed by atoms with E-state index in [1.165, 1.54) is 0 Å². The summed E-state index contributed by atoms with van der Waals surface area (Å²) in [4.78, 5) is 10.6. The lowest BCUT2D eigenvalue weighted by Crippen LogP contribution is -2.16. The number of hydrogen-bond acceptors (Lipinski definition) is 2. The molecule has 2 aromatic carbocycles. The minimum absolute atomic E-state index is 0.00549. The number of halogens is 1. The van der Waals surface area contributed by atoms with Crippen LogP contribution >= 0.6 is 15.9 Å². The fourth-order valence-corrected chi connectivity index (χ4v) is 2.15. The summed E-state index contributed by atoms with van der Waals surface area (Å²) >= 11 is 3.41. The van der Waals surface area contributed by atoms with E-state index in [0.717, 1.165) is 15.6 Å². The van der Waals surface area contributed by atoms with E-state index in [-0.39, 0.29) is 12.5 Å². The minimum atomic E-state index is -0.857. The molecule has 1 atom stereocenters. The maximum Gasteiger partial charge on any atom is 0.307 e. The fraction of sp³-hybridized carbons (Fsp3) is 0.188. The highest BCUT2D eigenvalue weighted by molar-refractivity contribution is 9.10. The van der Waals surface area contributed by atoms with Gasteiger partial charge in [0.15, 0.2) is 0 Å². The molecular formula is C16H15BrO3. The molecule has 0 saturated carbocycles. The first-order valence-electron chi connectivity index (χ1n) is 6.29. The van der Waals surface area contributed by atoms with Crippen LogP contribution in [-0.2, 0) is 4.79 Å². The van der Waals surface area contributed by atoms with E-state index in [0.29, 0.717) is 5.75 Å². The third-order valence-electron chi connectivity index (χ3n) is 2.83. The molecule has 0 radical (unpaired) electrons. The van der Waals surface area contributed by atoms with Crippen LogP contribution in [0, 0.1) is 0 Å². The van der Waals surface area contributed by atoms with Crippen LogP contribution in [0.1, 0.15) is 13.3 Å². The van der Waals surface area contributed by atoms with Gasteiger partial charge in [-0.15, -0.1) is 0 Å². The Kier molecular flexibility index (Phi) is 4.79. The molecule has 2 rings (SSSR count). The molecule has 0 aliphatic heterocycles. The summed E-state index contributed by atoms with van der Waals surface area (Å²) in [6.45, 7) is 1.75. The molecule has 0 aliphatic carbocycles. The number of benzene rings is 2. The van der Waals surface area contributed by atoms with Gasteiger partial charge in [0, 0.05) is 4.47 Å². The second kappa shape index (κ2) is 6.57. The van der Waals surface area contributed by atoms with Crippen molar-refractivity contribution >= 4 is 21.9 Å². The van der Waals surface area contributed by atoms with E-state index in [1.807, 2.05) is 48.5 Å². The van der Waals surface area contributed by atoms with Crippen molar-refractivity contribution in [3.63, 3.8) is 0 Å². The van der Waals surface area contributed by atoms with Gasteiger partial charge in [-0.3, -0.25) is 4.79 Å². The molecule has 1 N–H and O–H groups in total. The molecule has 0 spiro atoms. The van der Waals surface area contributed by atoms with Crippen LogP contribution in [0.5, 0.6) is 5.75 Å². The molecule has 0 aromatic heterocycles. The summed E-state index contributed by atoms with van der Waals surface area (Å²) in [6.07, 6.45) is -0.347. The maximum atomic E-state index is 10.6. The average Bonchev–Trinajstić information content (AvgIpc) is 2.39. The monoisotopic (exact) mass is 334 g/mol. The summed E-state index contributed by atoms with van der Waals surface area (Å²) in [5.74, 6) is -0.177. The number of ether oxygens (including phenoxy) is 1. The fourth-order valence-electron chi connectivity index (χ4n) is 1.89. The van der Waals surface area contributed by atoms with E-state index < -0.39 is 5.97 Å². The Morgan fingerprint density at radius 1 is 1.10 bits per heavy atom. The lowest BCUT2D eigenvalue weighted by molar-refractivity contribution is -0.138. The van der Waals surface area contributed by atoms with Gasteiger partial charge in [0.1, 0.15) is 11.9 Å². The maximum absolute atomic E-state index is 10.6. The van der Waals surface area contributed by atoms with Crippen LogP contribution in [0.15, 0.2) is 53.0 Å². The Balaban J connectivity index is 2.06. The van der Waals surface area contributed by atoms with Gasteiger partial charge in [0.2, 0.25) is 0 Å². The number of aliphatic carboxylic acids is 1. The van der Waals surface area contributed by atoms with Crippen molar-refractivity contribution < 1.29 is 14.6 Å². The quantitative estimate of drug-likeness (QED) is 0.883. The highest BCUT2D eigenvalue weighted by atomic mass is 79.9. The molecule has 4 heteroatoms. The lowest BCUT2D eigenvalue weighted by atomic mass is 10.1. The van der Waals surface area contributed by atoms with Crippen LogP contribution in [0.2, 0.25) is 0 Å². The van der Waals surface area contributed by atoms with Crippen molar-refractivity contribution in [1.29, 1.82) is 0 Å². The summed E-state index contributed by atoms with van der Waals surface area (Å²) in [5.41, 5.74) is 2.22. The number of hydrogen-bond donors (Lipinski definition) is 1. The summed E-state index contributed by atoms with van der Waals surface area (Å²) < 4.78 is 6.59.